The van der Waals surface area contributed by atoms with E-state index in [9.17, 15) is 0 Å². The van der Waals surface area contributed by atoms with Crippen molar-refractivity contribution in [2.24, 2.45) is 0 Å². The quantitative estimate of drug-likeness (QED) is 0.240. The molecule has 0 spiro atoms. The van der Waals surface area contributed by atoms with E-state index in [1.807, 2.05) is 49.8 Å². The second kappa shape index (κ2) is 13.1. The highest BCUT2D eigenvalue weighted by atomic mass is 19.0. The Hall–Kier alpha value is -2.60. The molecule has 7 nitrogen and oxygen atoms in total. The van der Waals surface area contributed by atoms with Gasteiger partial charge >= 0.3 is 6.02 Å². The van der Waals surface area contributed by atoms with Gasteiger partial charge in [-0.25, -0.2) is 14.5 Å². The van der Waals surface area contributed by atoms with Gasteiger partial charge in [0, 0.05) is 6.20 Å². The predicted molar refractivity (Wildman–Crippen MR) is 75.2 cm³/mol. The molecule has 138 valence electrons. The first-order valence-electron chi connectivity index (χ1n) is 5.16. The van der Waals surface area contributed by atoms with Gasteiger partial charge in [-0.15, -0.1) is 5.10 Å². The number of hydrogen-bond donors (Lipinski definition) is 0. The number of rotatable bonds is 1. The highest BCUT2D eigenvalue weighted by Gasteiger charge is 2.17. The van der Waals surface area contributed by atoms with Crippen LogP contribution in [0.25, 0.3) is 11.2 Å². The average Bonchev–Trinajstić information content (AvgIpc) is 2.68. The van der Waals surface area contributed by atoms with Crippen LogP contribution in [0.3, 0.4) is 0 Å². The summed E-state index contributed by atoms with van der Waals surface area (Å²) in [5, 5.41) is 7.87. The average molecular weight is 354 g/mol. The summed E-state index contributed by atoms with van der Waals surface area (Å²) in [5.74, 6) is 0. The molecular formula is C10H20F6N6O. The smallest absolute Gasteiger partial charge is 0.472 e. The fourth-order valence-corrected chi connectivity index (χ4v) is 1.45. The van der Waals surface area contributed by atoms with Crippen LogP contribution in [0.4, 0.5) is 23.5 Å². The van der Waals surface area contributed by atoms with Gasteiger partial charge in [0.25, 0.3) is 0 Å². The van der Waals surface area contributed by atoms with E-state index in [4.69, 9.17) is 4.84 Å². The second-order valence-corrected chi connectivity index (χ2v) is 3.97. The standard InChI is InChI=1S/C10H15N6O.6FH/c1-14(2)10(15(3)4)17-16-9-8(12-13-16)6-5-7-11-9;;;;;;/h5-7H,1-4H3;6*1H/q+1;;;;;;/p-1. The second-order valence-electron chi connectivity index (χ2n) is 3.97. The highest BCUT2D eigenvalue weighted by Crippen LogP contribution is 2.04. The van der Waals surface area contributed by atoms with Gasteiger partial charge < -0.3 is 4.70 Å². The monoisotopic (exact) mass is 354 g/mol. The first kappa shape index (κ1) is 32.4. The molecule has 2 aromatic heterocycles. The van der Waals surface area contributed by atoms with Crippen molar-refractivity contribution in [1.82, 2.24) is 25.0 Å². The molecule has 0 bridgehead atoms. The van der Waals surface area contributed by atoms with Crippen molar-refractivity contribution in [1.29, 1.82) is 0 Å². The number of pyridine rings is 1. The third kappa shape index (κ3) is 6.80. The fourth-order valence-electron chi connectivity index (χ4n) is 1.45. The summed E-state index contributed by atoms with van der Waals surface area (Å²) >= 11 is 0. The predicted octanol–water partition coefficient (Wildman–Crippen LogP) is -2.79. The van der Waals surface area contributed by atoms with Crippen LogP contribution in [0.5, 0.6) is 0 Å². The van der Waals surface area contributed by atoms with Crippen LogP contribution in [-0.2, 0) is 0 Å². The normalized spacial score (nSPS) is 7.65. The lowest BCUT2D eigenvalue weighted by atomic mass is 10.4. The lowest BCUT2D eigenvalue weighted by molar-refractivity contribution is -0.480. The molecule has 0 aliphatic carbocycles. The molecular weight excluding hydrogens is 334 g/mol. The summed E-state index contributed by atoms with van der Waals surface area (Å²) in [7, 11) is 7.56. The summed E-state index contributed by atoms with van der Waals surface area (Å²) in [6.07, 6.45) is 1.68. The van der Waals surface area contributed by atoms with E-state index < -0.39 is 0 Å². The number of nitrogens with zero attached hydrogens (tertiary/aromatic N) is 6. The van der Waals surface area contributed by atoms with Crippen molar-refractivity contribution in [2.45, 2.75) is 0 Å². The Morgan fingerprint density at radius 2 is 1.70 bits per heavy atom. The molecule has 23 heavy (non-hydrogen) atoms. The molecule has 2 rings (SSSR count). The SMILES string of the molecule is CN(C)C(On1nnc2cccnc21)=[N+](C)C.F.F.F.F.F.[F-]. The van der Waals surface area contributed by atoms with Crippen LogP contribution >= 0.6 is 0 Å². The Balaban J connectivity index is -0.000000180. The van der Waals surface area contributed by atoms with Gasteiger partial charge in [0.2, 0.25) is 5.65 Å². The van der Waals surface area contributed by atoms with Crippen molar-refractivity contribution < 1.29 is 37.6 Å². The molecule has 2 heterocycles. The number of halogens is 6. The van der Waals surface area contributed by atoms with Crippen LogP contribution < -0.4 is 9.54 Å². The van der Waals surface area contributed by atoms with Gasteiger partial charge in [-0.05, 0) is 22.2 Å². The van der Waals surface area contributed by atoms with E-state index in [1.54, 1.807) is 6.20 Å². The van der Waals surface area contributed by atoms with Crippen LogP contribution in [0.2, 0.25) is 0 Å². The molecule has 0 radical (unpaired) electrons. The lowest BCUT2D eigenvalue weighted by Crippen LogP contribution is -3.00. The van der Waals surface area contributed by atoms with Gasteiger partial charge in [0.05, 0.1) is 28.2 Å². The zero-order valence-corrected chi connectivity index (χ0v) is 12.7. The van der Waals surface area contributed by atoms with Crippen molar-refractivity contribution >= 4 is 17.2 Å². The molecule has 0 aromatic carbocycles. The highest BCUT2D eigenvalue weighted by molar-refractivity contribution is 5.71. The Kier molecular flexibility index (Phi) is 18.4. The van der Waals surface area contributed by atoms with Crippen LogP contribution in [0.15, 0.2) is 18.3 Å². The van der Waals surface area contributed by atoms with E-state index in [-0.39, 0.29) is 28.2 Å². The first-order chi connectivity index (χ1) is 8.09. The Morgan fingerprint density at radius 3 is 2.17 bits per heavy atom. The molecule has 2 aromatic rings. The molecule has 0 saturated carbocycles. The molecule has 0 fully saturated rings. The molecule has 0 saturated heterocycles. The zero-order chi connectivity index (χ0) is 12.4. The molecule has 13 heteroatoms. The van der Waals surface area contributed by atoms with Crippen molar-refractivity contribution in [3.8, 4) is 0 Å². The van der Waals surface area contributed by atoms with E-state index in [0.717, 1.165) is 0 Å². The topological polar surface area (TPSA) is 59.1 Å². The Bertz CT molecular complexity index is 574. The molecule has 0 aliphatic rings. The Labute approximate surface area is 127 Å². The minimum absolute atomic E-state index is 0. The Morgan fingerprint density at radius 1 is 1.13 bits per heavy atom. The van der Waals surface area contributed by atoms with E-state index in [0.29, 0.717) is 17.2 Å². The third-order valence-electron chi connectivity index (χ3n) is 2.11. The summed E-state index contributed by atoms with van der Waals surface area (Å²) in [6.45, 7) is 0. The minimum atomic E-state index is 0. The summed E-state index contributed by atoms with van der Waals surface area (Å²) in [5.41, 5.74) is 1.29. The summed E-state index contributed by atoms with van der Waals surface area (Å²) in [4.78, 5) is 13.0. The van der Waals surface area contributed by atoms with Gasteiger partial charge in [0.1, 0.15) is 5.52 Å². The van der Waals surface area contributed by atoms with Gasteiger partial charge in [-0.3, -0.25) is 28.4 Å². The number of aromatic nitrogens is 4. The maximum Gasteiger partial charge on any atom is 0.472 e. The lowest BCUT2D eigenvalue weighted by Gasteiger charge is -2.09. The maximum atomic E-state index is 5.64. The van der Waals surface area contributed by atoms with Crippen molar-refractivity contribution in [2.75, 3.05) is 28.2 Å². The largest absolute Gasteiger partial charge is 1.00 e. The molecule has 0 N–H and O–H groups in total. The van der Waals surface area contributed by atoms with Gasteiger partial charge in [-0.1, -0.05) is 0 Å². The molecule has 0 atom stereocenters. The van der Waals surface area contributed by atoms with E-state index in [1.165, 1.54) is 4.85 Å². The van der Waals surface area contributed by atoms with Crippen molar-refractivity contribution in [3.05, 3.63) is 18.3 Å². The van der Waals surface area contributed by atoms with Crippen molar-refractivity contribution in [3.63, 3.8) is 0 Å². The first-order valence-corrected chi connectivity index (χ1v) is 5.16. The summed E-state index contributed by atoms with van der Waals surface area (Å²) in [6, 6.07) is 4.28. The number of amidine groups is 1. The van der Waals surface area contributed by atoms with Crippen LogP contribution in [-0.4, -0.2) is 63.8 Å². The van der Waals surface area contributed by atoms with E-state index in [2.05, 4.69) is 15.3 Å². The molecule has 0 aliphatic heterocycles. The van der Waals surface area contributed by atoms with Crippen LogP contribution in [0, 0.1) is 0 Å². The summed E-state index contributed by atoms with van der Waals surface area (Å²) < 4.78 is 1.84. The number of fused-ring (bicyclic) bond motifs is 1. The molecule has 0 unspecified atom stereocenters. The fraction of sp³-hybridized carbons (Fsp3) is 0.400. The molecule has 0 amide bonds. The third-order valence-corrected chi connectivity index (χ3v) is 2.11. The van der Waals surface area contributed by atoms with Gasteiger partial charge in [-0.2, -0.15) is 0 Å². The number of hydrogen-bond acceptors (Lipinski definition) is 4. The maximum absolute atomic E-state index is 5.64. The zero-order valence-electron chi connectivity index (χ0n) is 12.7. The van der Waals surface area contributed by atoms with Gasteiger partial charge in [0.15, 0.2) is 0 Å². The van der Waals surface area contributed by atoms with E-state index >= 15 is 0 Å². The minimum Gasteiger partial charge on any atom is -1.00 e. The van der Waals surface area contributed by atoms with Crippen LogP contribution in [0.1, 0.15) is 0 Å².